The van der Waals surface area contributed by atoms with Crippen molar-refractivity contribution in [1.29, 1.82) is 0 Å². The number of carbonyl (C=O) groups is 1. The number of hydrogen-bond donors (Lipinski definition) is 2. The van der Waals surface area contributed by atoms with Crippen molar-refractivity contribution >= 4 is 18.5 Å². The highest BCUT2D eigenvalue weighted by molar-refractivity contribution is 7.81. The molecule has 0 radical (unpaired) electrons. The summed E-state index contributed by atoms with van der Waals surface area (Å²) in [6, 6.07) is 6.49. The molecular formula is C22H25NO6S. The van der Waals surface area contributed by atoms with Crippen molar-refractivity contribution in [3.63, 3.8) is 0 Å². The molecule has 0 bridgehead atoms. The highest BCUT2D eigenvalue weighted by Gasteiger charge is 2.29. The average Bonchev–Trinajstić information content (AvgIpc) is 3.00. The second kappa shape index (κ2) is 9.30. The van der Waals surface area contributed by atoms with E-state index >= 15 is 0 Å². The molecule has 1 N–H and O–H groups in total. The number of benzene rings is 1. The Morgan fingerprint density at radius 1 is 1.03 bits per heavy atom. The molecule has 0 aliphatic heterocycles. The fraction of sp³-hybridized carbons (Fsp3) is 0.364. The minimum absolute atomic E-state index is 0.0518. The molecule has 1 amide bonds. The summed E-state index contributed by atoms with van der Waals surface area (Å²) in [6.45, 7) is 0. The molecule has 0 unspecified atom stereocenters. The summed E-state index contributed by atoms with van der Waals surface area (Å²) in [4.78, 5) is 24.8. The number of ether oxygens (including phenoxy) is 4. The van der Waals surface area contributed by atoms with Gasteiger partial charge in [0.05, 0.1) is 40.2 Å². The predicted molar refractivity (Wildman–Crippen MR) is 117 cm³/mol. The van der Waals surface area contributed by atoms with Crippen LogP contribution in [0.15, 0.2) is 29.1 Å². The Morgan fingerprint density at radius 3 is 2.33 bits per heavy atom. The van der Waals surface area contributed by atoms with E-state index in [9.17, 15) is 9.59 Å². The minimum Gasteiger partial charge on any atom is -0.493 e. The third-order valence-corrected chi connectivity index (χ3v) is 5.49. The van der Waals surface area contributed by atoms with Crippen LogP contribution >= 0.6 is 12.6 Å². The second-order valence-electron chi connectivity index (χ2n) is 6.78. The van der Waals surface area contributed by atoms with Gasteiger partial charge in [0.2, 0.25) is 17.1 Å². The lowest BCUT2D eigenvalue weighted by Crippen LogP contribution is -2.30. The van der Waals surface area contributed by atoms with Gasteiger partial charge in [-0.15, -0.1) is 0 Å². The van der Waals surface area contributed by atoms with Crippen LogP contribution in [0.5, 0.6) is 23.0 Å². The first-order valence-corrected chi connectivity index (χ1v) is 10.1. The van der Waals surface area contributed by atoms with Crippen LogP contribution in [0.2, 0.25) is 0 Å². The summed E-state index contributed by atoms with van der Waals surface area (Å²) in [7, 11) is 6.12. The average molecular weight is 432 g/mol. The maximum absolute atomic E-state index is 12.7. The molecular weight excluding hydrogens is 406 g/mol. The van der Waals surface area contributed by atoms with E-state index in [2.05, 4.69) is 17.9 Å². The van der Waals surface area contributed by atoms with E-state index in [1.54, 1.807) is 27.4 Å². The van der Waals surface area contributed by atoms with Crippen LogP contribution in [0, 0.1) is 0 Å². The van der Waals surface area contributed by atoms with Gasteiger partial charge < -0.3 is 24.3 Å². The summed E-state index contributed by atoms with van der Waals surface area (Å²) >= 11 is 4.07. The summed E-state index contributed by atoms with van der Waals surface area (Å²) in [5.74, 6) is 1.57. The van der Waals surface area contributed by atoms with Crippen molar-refractivity contribution in [2.75, 3.05) is 34.2 Å². The monoisotopic (exact) mass is 431 g/mol. The number of thiol groups is 1. The number of rotatable bonds is 6. The summed E-state index contributed by atoms with van der Waals surface area (Å²) in [5, 5.41) is 2.97. The smallest absolute Gasteiger partial charge is 0.230 e. The molecule has 0 fully saturated rings. The maximum Gasteiger partial charge on any atom is 0.230 e. The molecule has 0 aromatic heterocycles. The number of fused-ring (bicyclic) bond motifs is 3. The van der Waals surface area contributed by atoms with Crippen molar-refractivity contribution in [3.8, 4) is 34.1 Å². The van der Waals surface area contributed by atoms with Gasteiger partial charge in [0.25, 0.3) is 0 Å². The zero-order valence-electron chi connectivity index (χ0n) is 17.4. The number of amides is 1. The van der Waals surface area contributed by atoms with Crippen LogP contribution in [0.3, 0.4) is 0 Å². The Hall–Kier alpha value is -2.87. The topological polar surface area (TPSA) is 83.1 Å². The molecule has 0 heterocycles. The first-order chi connectivity index (χ1) is 14.5. The molecule has 0 spiro atoms. The van der Waals surface area contributed by atoms with Crippen LogP contribution in [-0.4, -0.2) is 40.1 Å². The van der Waals surface area contributed by atoms with Crippen LogP contribution < -0.4 is 29.7 Å². The van der Waals surface area contributed by atoms with Crippen molar-refractivity contribution in [2.45, 2.75) is 18.9 Å². The molecule has 1 aliphatic carbocycles. The van der Waals surface area contributed by atoms with Crippen LogP contribution in [-0.2, 0) is 11.2 Å². The maximum atomic E-state index is 12.7. The fourth-order valence-corrected chi connectivity index (χ4v) is 3.95. The Balaban J connectivity index is 2.38. The molecule has 3 rings (SSSR count). The van der Waals surface area contributed by atoms with Crippen molar-refractivity contribution < 1.29 is 23.7 Å². The summed E-state index contributed by atoms with van der Waals surface area (Å²) in [6.07, 6.45) is 1.22. The van der Waals surface area contributed by atoms with E-state index in [1.807, 2.05) is 12.1 Å². The molecule has 0 saturated carbocycles. The third-order valence-electron chi connectivity index (χ3n) is 5.20. The predicted octanol–water partition coefficient (Wildman–Crippen LogP) is 2.78. The number of hydrogen-bond acceptors (Lipinski definition) is 7. The molecule has 1 aliphatic rings. The molecule has 1 atom stereocenters. The van der Waals surface area contributed by atoms with E-state index < -0.39 is 0 Å². The van der Waals surface area contributed by atoms with Gasteiger partial charge in [-0.1, -0.05) is 6.07 Å². The minimum atomic E-state index is -0.376. The lowest BCUT2D eigenvalue weighted by Gasteiger charge is -2.19. The quantitative estimate of drug-likeness (QED) is 0.685. The molecule has 2 aromatic carbocycles. The molecule has 160 valence electrons. The first-order valence-electron chi connectivity index (χ1n) is 9.43. The number of aryl methyl sites for hydroxylation is 1. The van der Waals surface area contributed by atoms with Crippen molar-refractivity contribution in [3.05, 3.63) is 45.6 Å². The van der Waals surface area contributed by atoms with Gasteiger partial charge >= 0.3 is 0 Å². The van der Waals surface area contributed by atoms with Gasteiger partial charge in [-0.2, -0.15) is 12.6 Å². The van der Waals surface area contributed by atoms with Crippen LogP contribution in [0.4, 0.5) is 0 Å². The standard InChI is InChI=1S/C22H25NO6S/c1-26-17-8-6-13-14(10-16(17)24)15(23-19(25)11-30)7-5-12-9-18(27-2)21(28-3)22(29-4)20(12)13/h6,8-10,15,30H,5,7,11H2,1-4H3,(H,23,25)/t15-/m0/s1. The Bertz CT molecular complexity index is 1020. The fourth-order valence-electron chi connectivity index (χ4n) is 3.86. The zero-order chi connectivity index (χ0) is 21.8. The molecule has 2 aromatic rings. The largest absolute Gasteiger partial charge is 0.493 e. The summed E-state index contributed by atoms with van der Waals surface area (Å²) < 4.78 is 22.0. The van der Waals surface area contributed by atoms with Gasteiger partial charge in [0.15, 0.2) is 17.2 Å². The second-order valence-corrected chi connectivity index (χ2v) is 7.09. The molecule has 30 heavy (non-hydrogen) atoms. The highest BCUT2D eigenvalue weighted by Crippen LogP contribution is 2.50. The third kappa shape index (κ3) is 3.92. The number of methoxy groups -OCH3 is 4. The Kier molecular flexibility index (Phi) is 6.77. The van der Waals surface area contributed by atoms with E-state index in [0.29, 0.717) is 35.7 Å². The number of carbonyl (C=O) groups excluding carboxylic acids is 1. The zero-order valence-corrected chi connectivity index (χ0v) is 18.3. The summed E-state index contributed by atoms with van der Waals surface area (Å²) in [5.41, 5.74) is 2.93. The van der Waals surface area contributed by atoms with Gasteiger partial charge in [-0.25, -0.2) is 0 Å². The van der Waals surface area contributed by atoms with Crippen LogP contribution in [0.1, 0.15) is 23.6 Å². The van der Waals surface area contributed by atoms with Gasteiger partial charge in [0, 0.05) is 5.56 Å². The van der Waals surface area contributed by atoms with Gasteiger partial charge in [0.1, 0.15) is 0 Å². The van der Waals surface area contributed by atoms with E-state index in [4.69, 9.17) is 18.9 Å². The van der Waals surface area contributed by atoms with Gasteiger partial charge in [-0.05, 0) is 47.7 Å². The highest BCUT2D eigenvalue weighted by atomic mass is 32.1. The molecule has 7 nitrogen and oxygen atoms in total. The number of nitrogens with one attached hydrogen (secondary N) is 1. The van der Waals surface area contributed by atoms with E-state index in [1.165, 1.54) is 13.2 Å². The first kappa shape index (κ1) is 21.8. The van der Waals surface area contributed by atoms with E-state index in [0.717, 1.165) is 16.7 Å². The van der Waals surface area contributed by atoms with Gasteiger partial charge in [-0.3, -0.25) is 9.59 Å². The molecule has 0 saturated heterocycles. The lowest BCUT2D eigenvalue weighted by molar-refractivity contribution is -0.119. The molecule has 8 heteroatoms. The van der Waals surface area contributed by atoms with E-state index in [-0.39, 0.29) is 28.9 Å². The Morgan fingerprint density at radius 2 is 1.73 bits per heavy atom. The Labute approximate surface area is 180 Å². The normalized spacial score (nSPS) is 14.6. The lowest BCUT2D eigenvalue weighted by atomic mass is 9.95. The van der Waals surface area contributed by atoms with Crippen LogP contribution in [0.25, 0.3) is 11.1 Å². The van der Waals surface area contributed by atoms with Crippen molar-refractivity contribution in [2.24, 2.45) is 0 Å². The van der Waals surface area contributed by atoms with Crippen molar-refractivity contribution in [1.82, 2.24) is 5.32 Å². The SMILES string of the molecule is COc1cc2c(c(OC)c1OC)-c1ccc(OC)c(=O)cc1[C@@H](NC(=O)CS)CC2.